The molecule has 0 aliphatic carbocycles. The smallest absolute Gasteiger partial charge is 0.304 e. The minimum Gasteiger partial charge on any atom is -0.481 e. The lowest BCUT2D eigenvalue weighted by molar-refractivity contribution is -0.136. The van der Waals surface area contributed by atoms with Crippen molar-refractivity contribution in [1.82, 2.24) is 10.3 Å². The molecule has 0 fully saturated rings. The largest absolute Gasteiger partial charge is 0.481 e. The summed E-state index contributed by atoms with van der Waals surface area (Å²) in [7, 11) is 0. The van der Waals surface area contributed by atoms with Gasteiger partial charge in [-0.3, -0.25) is 4.79 Å². The second-order valence-corrected chi connectivity index (χ2v) is 4.35. The first-order valence-corrected chi connectivity index (χ1v) is 5.26. The van der Waals surface area contributed by atoms with Gasteiger partial charge >= 0.3 is 5.97 Å². The van der Waals surface area contributed by atoms with Crippen LogP contribution in [0.15, 0.2) is 0 Å². The number of hydrogen-bond donors (Lipinski definition) is 2. The number of thiazole rings is 1. The predicted molar refractivity (Wildman–Crippen MR) is 55.5 cm³/mol. The van der Waals surface area contributed by atoms with Crippen LogP contribution in [0.25, 0.3) is 0 Å². The number of aryl methyl sites for hydroxylation is 2. The fourth-order valence-corrected chi connectivity index (χ4v) is 2.04. The molecule has 0 aliphatic rings. The second kappa shape index (κ2) is 5.07. The van der Waals surface area contributed by atoms with Crippen molar-refractivity contribution in [2.75, 3.05) is 6.54 Å². The molecule has 0 amide bonds. The number of nitrogens with one attached hydrogen (secondary N) is 1. The van der Waals surface area contributed by atoms with Gasteiger partial charge in [-0.2, -0.15) is 0 Å². The molecule has 4 nitrogen and oxygen atoms in total. The summed E-state index contributed by atoms with van der Waals surface area (Å²) in [5, 5.41) is 12.5. The van der Waals surface area contributed by atoms with Crippen molar-refractivity contribution in [2.45, 2.75) is 26.8 Å². The van der Waals surface area contributed by atoms with Crippen LogP contribution < -0.4 is 5.32 Å². The molecule has 1 rings (SSSR count). The average molecular weight is 214 g/mol. The Kier molecular flexibility index (Phi) is 4.03. The Labute approximate surface area is 87.0 Å². The van der Waals surface area contributed by atoms with E-state index in [0.29, 0.717) is 13.1 Å². The minimum atomic E-state index is -0.769. The maximum Gasteiger partial charge on any atom is 0.304 e. The van der Waals surface area contributed by atoms with Crippen LogP contribution in [0.5, 0.6) is 0 Å². The molecule has 0 saturated carbocycles. The predicted octanol–water partition coefficient (Wildman–Crippen LogP) is 1.32. The Morgan fingerprint density at radius 2 is 2.29 bits per heavy atom. The standard InChI is InChI=1S/C9H14N2O2S/c1-6-8(14-7(2)11-6)5-10-4-3-9(12)13/h10H,3-5H2,1-2H3,(H,12,13). The molecule has 0 radical (unpaired) electrons. The zero-order chi connectivity index (χ0) is 10.6. The van der Waals surface area contributed by atoms with Crippen LogP contribution in [-0.2, 0) is 11.3 Å². The molecule has 2 N–H and O–H groups in total. The Morgan fingerprint density at radius 3 is 2.79 bits per heavy atom. The summed E-state index contributed by atoms with van der Waals surface area (Å²) in [4.78, 5) is 15.7. The van der Waals surface area contributed by atoms with Crippen LogP contribution in [0.1, 0.15) is 22.0 Å². The van der Waals surface area contributed by atoms with E-state index in [1.807, 2.05) is 13.8 Å². The van der Waals surface area contributed by atoms with Crippen LogP contribution in [-0.4, -0.2) is 22.6 Å². The van der Waals surface area contributed by atoms with Gasteiger partial charge in [-0.15, -0.1) is 11.3 Å². The summed E-state index contributed by atoms with van der Waals surface area (Å²) in [6.45, 7) is 5.16. The maximum absolute atomic E-state index is 10.2. The first kappa shape index (κ1) is 11.1. The summed E-state index contributed by atoms with van der Waals surface area (Å²) in [5.41, 5.74) is 1.04. The summed E-state index contributed by atoms with van der Waals surface area (Å²) in [6.07, 6.45) is 0.164. The van der Waals surface area contributed by atoms with E-state index in [1.54, 1.807) is 11.3 Å². The molecule has 5 heteroatoms. The van der Waals surface area contributed by atoms with Crippen molar-refractivity contribution in [2.24, 2.45) is 0 Å². The van der Waals surface area contributed by atoms with Crippen LogP contribution in [0.3, 0.4) is 0 Å². The summed E-state index contributed by atoms with van der Waals surface area (Å²) >= 11 is 1.65. The van der Waals surface area contributed by atoms with Crippen LogP contribution >= 0.6 is 11.3 Å². The van der Waals surface area contributed by atoms with E-state index in [4.69, 9.17) is 5.11 Å². The average Bonchev–Trinajstić information content (AvgIpc) is 2.39. The van der Waals surface area contributed by atoms with Gasteiger partial charge in [0.2, 0.25) is 0 Å². The lowest BCUT2D eigenvalue weighted by Crippen LogP contribution is -2.17. The van der Waals surface area contributed by atoms with E-state index in [9.17, 15) is 4.79 Å². The van der Waals surface area contributed by atoms with Crippen LogP contribution in [0.4, 0.5) is 0 Å². The fraction of sp³-hybridized carbons (Fsp3) is 0.556. The first-order chi connectivity index (χ1) is 6.59. The summed E-state index contributed by atoms with van der Waals surface area (Å²) < 4.78 is 0. The number of hydrogen-bond acceptors (Lipinski definition) is 4. The van der Waals surface area contributed by atoms with Gasteiger partial charge in [0.05, 0.1) is 17.1 Å². The lowest BCUT2D eigenvalue weighted by Gasteiger charge is -2.00. The molecular weight excluding hydrogens is 200 g/mol. The highest BCUT2D eigenvalue weighted by Crippen LogP contribution is 2.16. The third-order valence-corrected chi connectivity index (χ3v) is 2.87. The Morgan fingerprint density at radius 1 is 1.57 bits per heavy atom. The summed E-state index contributed by atoms with van der Waals surface area (Å²) in [6, 6.07) is 0. The van der Waals surface area contributed by atoms with E-state index in [0.717, 1.165) is 10.7 Å². The van der Waals surface area contributed by atoms with Gasteiger partial charge in [0.1, 0.15) is 0 Å². The SMILES string of the molecule is Cc1nc(C)c(CNCCC(=O)O)s1. The fourth-order valence-electron chi connectivity index (χ4n) is 1.13. The molecule has 0 unspecified atom stereocenters. The zero-order valence-electron chi connectivity index (χ0n) is 8.33. The number of nitrogens with zero attached hydrogens (tertiary/aromatic N) is 1. The zero-order valence-corrected chi connectivity index (χ0v) is 9.15. The topological polar surface area (TPSA) is 62.2 Å². The van der Waals surface area contributed by atoms with E-state index in [-0.39, 0.29) is 6.42 Å². The van der Waals surface area contributed by atoms with Crippen molar-refractivity contribution in [3.63, 3.8) is 0 Å². The van der Waals surface area contributed by atoms with Crippen LogP contribution in [0.2, 0.25) is 0 Å². The normalized spacial score (nSPS) is 10.4. The number of aliphatic carboxylic acids is 1. The van der Waals surface area contributed by atoms with E-state index in [1.165, 1.54) is 4.88 Å². The molecule has 0 saturated heterocycles. The number of carbonyl (C=O) groups is 1. The van der Waals surface area contributed by atoms with Crippen molar-refractivity contribution >= 4 is 17.3 Å². The Balaban J connectivity index is 2.31. The summed E-state index contributed by atoms with van der Waals surface area (Å²) in [5.74, 6) is -0.769. The van der Waals surface area contributed by atoms with Crippen molar-refractivity contribution in [3.05, 3.63) is 15.6 Å². The third kappa shape index (κ3) is 3.43. The molecule has 78 valence electrons. The number of carboxylic acid groups (broad SMARTS) is 1. The lowest BCUT2D eigenvalue weighted by atomic mass is 10.3. The highest BCUT2D eigenvalue weighted by atomic mass is 32.1. The number of rotatable bonds is 5. The monoisotopic (exact) mass is 214 g/mol. The van der Waals surface area contributed by atoms with Crippen molar-refractivity contribution in [1.29, 1.82) is 0 Å². The van der Waals surface area contributed by atoms with Gasteiger partial charge in [0.25, 0.3) is 0 Å². The second-order valence-electron chi connectivity index (χ2n) is 3.06. The highest BCUT2D eigenvalue weighted by Gasteiger charge is 2.04. The molecular formula is C9H14N2O2S. The van der Waals surface area contributed by atoms with Gasteiger partial charge in [0, 0.05) is 18.0 Å². The quantitative estimate of drug-likeness (QED) is 0.726. The molecule has 14 heavy (non-hydrogen) atoms. The molecule has 1 aromatic heterocycles. The molecule has 0 aliphatic heterocycles. The Hall–Kier alpha value is -0.940. The van der Waals surface area contributed by atoms with Gasteiger partial charge in [-0.05, 0) is 13.8 Å². The first-order valence-electron chi connectivity index (χ1n) is 4.45. The third-order valence-electron chi connectivity index (χ3n) is 1.80. The minimum absolute atomic E-state index is 0.164. The maximum atomic E-state index is 10.2. The van der Waals surface area contributed by atoms with Crippen molar-refractivity contribution < 1.29 is 9.90 Å². The molecule has 0 atom stereocenters. The molecule has 0 bridgehead atoms. The molecule has 0 spiro atoms. The van der Waals surface area contributed by atoms with E-state index in [2.05, 4.69) is 10.3 Å². The highest BCUT2D eigenvalue weighted by molar-refractivity contribution is 7.11. The van der Waals surface area contributed by atoms with Crippen LogP contribution in [0, 0.1) is 13.8 Å². The Bertz CT molecular complexity index is 323. The van der Waals surface area contributed by atoms with Crippen molar-refractivity contribution in [3.8, 4) is 0 Å². The van der Waals surface area contributed by atoms with E-state index >= 15 is 0 Å². The number of carboxylic acids is 1. The molecule has 1 heterocycles. The molecule has 0 aromatic carbocycles. The van der Waals surface area contributed by atoms with Gasteiger partial charge in [0.15, 0.2) is 0 Å². The van der Waals surface area contributed by atoms with Gasteiger partial charge < -0.3 is 10.4 Å². The van der Waals surface area contributed by atoms with Gasteiger partial charge in [-0.25, -0.2) is 4.98 Å². The molecule has 1 aromatic rings. The van der Waals surface area contributed by atoms with E-state index < -0.39 is 5.97 Å². The number of aromatic nitrogens is 1. The van der Waals surface area contributed by atoms with Gasteiger partial charge in [-0.1, -0.05) is 0 Å².